The molecule has 0 saturated carbocycles. The van der Waals surface area contributed by atoms with Gasteiger partial charge in [-0.1, -0.05) is 23.2 Å². The Labute approximate surface area is 122 Å². The van der Waals surface area contributed by atoms with Gasteiger partial charge in [0.25, 0.3) is 0 Å². The Kier molecular flexibility index (Phi) is 6.67. The molecule has 0 aliphatic heterocycles. The van der Waals surface area contributed by atoms with Gasteiger partial charge in [-0.15, -0.1) is 0 Å². The summed E-state index contributed by atoms with van der Waals surface area (Å²) in [4.78, 5) is 0. The van der Waals surface area contributed by atoms with Crippen LogP contribution in [0.25, 0.3) is 0 Å². The van der Waals surface area contributed by atoms with Crippen molar-refractivity contribution >= 4 is 46.2 Å². The maximum atomic E-state index is 6.01. The fourth-order valence-electron chi connectivity index (χ4n) is 1.20. The van der Waals surface area contributed by atoms with Gasteiger partial charge >= 0.3 is 0 Å². The summed E-state index contributed by atoms with van der Waals surface area (Å²) < 4.78 is 10.0. The first-order valence-electron chi connectivity index (χ1n) is 5.12. The predicted molar refractivity (Wildman–Crippen MR) is 78.5 cm³/mol. The Balaban J connectivity index is 2.49. The van der Waals surface area contributed by atoms with Gasteiger partial charge in [-0.2, -0.15) is 0 Å². The van der Waals surface area contributed by atoms with Crippen molar-refractivity contribution in [2.45, 2.75) is 6.29 Å². The highest BCUT2D eigenvalue weighted by Crippen LogP contribution is 2.25. The zero-order valence-electron chi connectivity index (χ0n) is 10.00. The first kappa shape index (κ1) is 15.5. The maximum absolute atomic E-state index is 6.01. The molecule has 0 aliphatic carbocycles. The van der Waals surface area contributed by atoms with E-state index in [2.05, 4.69) is 10.6 Å². The molecule has 0 aromatic heterocycles. The fraction of sp³-hybridized carbons (Fsp3) is 0.364. The summed E-state index contributed by atoms with van der Waals surface area (Å²) in [5.74, 6) is 0. The Morgan fingerprint density at radius 3 is 2.56 bits per heavy atom. The van der Waals surface area contributed by atoms with Crippen LogP contribution in [0.3, 0.4) is 0 Å². The molecule has 0 spiro atoms. The van der Waals surface area contributed by atoms with E-state index in [1.165, 1.54) is 0 Å². The summed E-state index contributed by atoms with van der Waals surface area (Å²) in [6, 6.07) is 5.12. The minimum Gasteiger partial charge on any atom is -0.357 e. The molecule has 1 rings (SSSR count). The van der Waals surface area contributed by atoms with Gasteiger partial charge in [-0.3, -0.25) is 0 Å². The summed E-state index contributed by atoms with van der Waals surface area (Å²) in [6.07, 6.45) is -0.356. The van der Waals surface area contributed by atoms with Crippen LogP contribution >= 0.6 is 35.4 Å². The highest BCUT2D eigenvalue weighted by molar-refractivity contribution is 7.80. The minimum atomic E-state index is -0.356. The minimum absolute atomic E-state index is 0.356. The molecule has 0 unspecified atom stereocenters. The monoisotopic (exact) mass is 308 g/mol. The van der Waals surface area contributed by atoms with E-state index in [4.69, 9.17) is 44.9 Å². The van der Waals surface area contributed by atoms with Crippen LogP contribution in [0.4, 0.5) is 5.69 Å². The standard InChI is InChI=1S/C11H14Cl2N2O2S/c1-16-10(17-2)6-14-11(18)15-9-4-3-7(12)5-8(9)13/h3-5,10H,6H2,1-2H3,(H2,14,15,18). The molecule has 4 nitrogen and oxygen atoms in total. The number of thiocarbonyl (C=S) groups is 1. The molecule has 0 aliphatic rings. The fourth-order valence-corrected chi connectivity index (χ4v) is 1.85. The van der Waals surface area contributed by atoms with Gasteiger partial charge in [-0.25, -0.2) is 0 Å². The van der Waals surface area contributed by atoms with Crippen LogP contribution in [0.15, 0.2) is 18.2 Å². The summed E-state index contributed by atoms with van der Waals surface area (Å²) in [5.41, 5.74) is 0.685. The average Bonchev–Trinajstić information content (AvgIpc) is 2.34. The third-order valence-electron chi connectivity index (χ3n) is 2.13. The van der Waals surface area contributed by atoms with E-state index in [9.17, 15) is 0 Å². The van der Waals surface area contributed by atoms with Gasteiger partial charge in [0.05, 0.1) is 17.3 Å². The lowest BCUT2D eigenvalue weighted by molar-refractivity contribution is -0.0964. The topological polar surface area (TPSA) is 42.5 Å². The van der Waals surface area contributed by atoms with E-state index in [0.29, 0.717) is 27.4 Å². The maximum Gasteiger partial charge on any atom is 0.174 e. The van der Waals surface area contributed by atoms with Crippen molar-refractivity contribution in [2.75, 3.05) is 26.1 Å². The van der Waals surface area contributed by atoms with Crippen molar-refractivity contribution in [3.8, 4) is 0 Å². The van der Waals surface area contributed by atoms with Gasteiger partial charge in [0.15, 0.2) is 11.4 Å². The van der Waals surface area contributed by atoms with E-state index in [-0.39, 0.29) is 6.29 Å². The molecule has 0 fully saturated rings. The first-order chi connectivity index (χ1) is 8.56. The molecular formula is C11H14Cl2N2O2S. The molecule has 18 heavy (non-hydrogen) atoms. The number of methoxy groups -OCH3 is 2. The van der Waals surface area contributed by atoms with Crippen LogP contribution in [-0.2, 0) is 9.47 Å². The number of nitrogens with one attached hydrogen (secondary N) is 2. The average molecular weight is 309 g/mol. The van der Waals surface area contributed by atoms with E-state index in [1.807, 2.05) is 0 Å². The summed E-state index contributed by atoms with van der Waals surface area (Å²) >= 11 is 16.9. The number of hydrogen-bond acceptors (Lipinski definition) is 3. The number of benzene rings is 1. The SMILES string of the molecule is COC(CNC(=S)Nc1ccc(Cl)cc1Cl)OC. The van der Waals surface area contributed by atoms with Gasteiger partial charge < -0.3 is 20.1 Å². The van der Waals surface area contributed by atoms with Gasteiger partial charge in [0.2, 0.25) is 0 Å². The quantitative estimate of drug-likeness (QED) is 0.647. The molecule has 100 valence electrons. The largest absolute Gasteiger partial charge is 0.357 e. The zero-order chi connectivity index (χ0) is 13.5. The lowest BCUT2D eigenvalue weighted by Crippen LogP contribution is -2.36. The summed E-state index contributed by atoms with van der Waals surface area (Å²) in [6.45, 7) is 0.435. The van der Waals surface area contributed by atoms with Crippen LogP contribution in [-0.4, -0.2) is 32.2 Å². The molecule has 0 heterocycles. The molecule has 1 aromatic carbocycles. The lowest BCUT2D eigenvalue weighted by atomic mass is 10.3. The highest BCUT2D eigenvalue weighted by atomic mass is 35.5. The van der Waals surface area contributed by atoms with E-state index in [1.54, 1.807) is 32.4 Å². The van der Waals surface area contributed by atoms with Crippen molar-refractivity contribution in [1.82, 2.24) is 5.32 Å². The number of rotatable bonds is 5. The predicted octanol–water partition coefficient (Wildman–Crippen LogP) is 2.90. The van der Waals surface area contributed by atoms with Gasteiger partial charge in [0, 0.05) is 19.2 Å². The molecule has 7 heteroatoms. The molecular weight excluding hydrogens is 295 g/mol. The second-order valence-electron chi connectivity index (χ2n) is 3.36. The Bertz CT molecular complexity index is 414. The summed E-state index contributed by atoms with van der Waals surface area (Å²) in [7, 11) is 3.12. The second kappa shape index (κ2) is 7.76. The highest BCUT2D eigenvalue weighted by Gasteiger charge is 2.07. The molecule has 0 radical (unpaired) electrons. The summed E-state index contributed by atoms with van der Waals surface area (Å²) in [5, 5.41) is 7.42. The lowest BCUT2D eigenvalue weighted by Gasteiger charge is -2.16. The van der Waals surface area contributed by atoms with Crippen molar-refractivity contribution in [1.29, 1.82) is 0 Å². The molecule has 0 atom stereocenters. The van der Waals surface area contributed by atoms with Gasteiger partial charge in [-0.05, 0) is 30.4 Å². The molecule has 0 amide bonds. The Hall–Kier alpha value is -0.590. The zero-order valence-corrected chi connectivity index (χ0v) is 12.3. The molecule has 2 N–H and O–H groups in total. The van der Waals surface area contributed by atoms with Crippen molar-refractivity contribution < 1.29 is 9.47 Å². The van der Waals surface area contributed by atoms with Crippen LogP contribution in [0.2, 0.25) is 10.0 Å². The van der Waals surface area contributed by atoms with Crippen molar-refractivity contribution in [2.24, 2.45) is 0 Å². The van der Waals surface area contributed by atoms with Crippen LogP contribution in [0.1, 0.15) is 0 Å². The van der Waals surface area contributed by atoms with Crippen LogP contribution < -0.4 is 10.6 Å². The second-order valence-corrected chi connectivity index (χ2v) is 4.61. The molecule has 0 saturated heterocycles. The smallest absolute Gasteiger partial charge is 0.174 e. The van der Waals surface area contributed by atoms with E-state index >= 15 is 0 Å². The number of anilines is 1. The third kappa shape index (κ3) is 4.96. The normalized spacial score (nSPS) is 10.5. The van der Waals surface area contributed by atoms with Crippen LogP contribution in [0.5, 0.6) is 0 Å². The Morgan fingerprint density at radius 2 is 2.00 bits per heavy atom. The number of ether oxygens (including phenoxy) is 2. The van der Waals surface area contributed by atoms with E-state index in [0.717, 1.165) is 0 Å². The van der Waals surface area contributed by atoms with E-state index < -0.39 is 0 Å². The van der Waals surface area contributed by atoms with Gasteiger partial charge in [0.1, 0.15) is 0 Å². The Morgan fingerprint density at radius 1 is 1.33 bits per heavy atom. The molecule has 1 aromatic rings. The van der Waals surface area contributed by atoms with Crippen LogP contribution in [0, 0.1) is 0 Å². The molecule has 0 bridgehead atoms. The third-order valence-corrected chi connectivity index (χ3v) is 2.93. The van der Waals surface area contributed by atoms with Crippen molar-refractivity contribution in [3.05, 3.63) is 28.2 Å². The number of hydrogen-bond donors (Lipinski definition) is 2. The first-order valence-corrected chi connectivity index (χ1v) is 6.28. The van der Waals surface area contributed by atoms with Crippen molar-refractivity contribution in [3.63, 3.8) is 0 Å². The number of halogens is 2.